The number of hydrogen-bond donors (Lipinski definition) is 2. The lowest BCUT2D eigenvalue weighted by atomic mass is 9.96. The minimum absolute atomic E-state index is 0.0886. The first-order chi connectivity index (χ1) is 15.5. The maximum Gasteiger partial charge on any atom is 0.206 e. The number of methoxy groups -OCH3 is 6. The van der Waals surface area contributed by atoms with Gasteiger partial charge in [0, 0.05) is 19.8 Å². The first-order valence-corrected chi connectivity index (χ1v) is 9.57. The largest absolute Gasteiger partial charge is 0.493 e. The molecular weight excluding hydrogens is 424 g/mol. The van der Waals surface area contributed by atoms with E-state index in [1.807, 2.05) is 0 Å². The van der Waals surface area contributed by atoms with Gasteiger partial charge in [-0.2, -0.15) is 0 Å². The SMILES string of the molecule is COCOc1c(OC)ccc([C@@H](O)[C@H](O)c2cc(OC)c(OC)c(OC)c2)c1OCOC. The maximum atomic E-state index is 11.1. The van der Waals surface area contributed by atoms with Crippen molar-refractivity contribution in [3.63, 3.8) is 0 Å². The Morgan fingerprint density at radius 3 is 1.62 bits per heavy atom. The highest BCUT2D eigenvalue weighted by Crippen LogP contribution is 2.47. The first kappa shape index (κ1) is 25.3. The quantitative estimate of drug-likeness (QED) is 0.438. The van der Waals surface area contributed by atoms with Crippen molar-refractivity contribution < 1.29 is 48.1 Å². The van der Waals surface area contributed by atoms with Crippen LogP contribution in [0.5, 0.6) is 34.5 Å². The molecule has 0 spiro atoms. The fraction of sp³-hybridized carbons (Fsp3) is 0.455. The van der Waals surface area contributed by atoms with Gasteiger partial charge in [-0.05, 0) is 29.8 Å². The number of aliphatic hydroxyl groups excluding tert-OH is 2. The van der Waals surface area contributed by atoms with Crippen LogP contribution in [-0.2, 0) is 9.47 Å². The van der Waals surface area contributed by atoms with E-state index in [2.05, 4.69) is 0 Å². The molecule has 2 N–H and O–H groups in total. The summed E-state index contributed by atoms with van der Waals surface area (Å²) < 4.78 is 42.6. The van der Waals surface area contributed by atoms with Crippen molar-refractivity contribution in [3.8, 4) is 34.5 Å². The number of hydrogen-bond acceptors (Lipinski definition) is 10. The summed E-state index contributed by atoms with van der Waals surface area (Å²) in [6.07, 6.45) is -2.79. The second-order valence-corrected chi connectivity index (χ2v) is 6.47. The Hall–Kier alpha value is -2.92. The van der Waals surface area contributed by atoms with E-state index in [-0.39, 0.29) is 30.6 Å². The van der Waals surface area contributed by atoms with Gasteiger partial charge in [0.1, 0.15) is 12.2 Å². The van der Waals surface area contributed by atoms with E-state index in [1.54, 1.807) is 24.3 Å². The number of ether oxygens (including phenoxy) is 8. The Labute approximate surface area is 187 Å². The van der Waals surface area contributed by atoms with Gasteiger partial charge in [-0.25, -0.2) is 0 Å². The van der Waals surface area contributed by atoms with Gasteiger partial charge in [-0.15, -0.1) is 0 Å². The molecule has 2 rings (SSSR count). The van der Waals surface area contributed by atoms with Crippen molar-refractivity contribution in [1.82, 2.24) is 0 Å². The van der Waals surface area contributed by atoms with Gasteiger partial charge in [0.2, 0.25) is 11.5 Å². The van der Waals surface area contributed by atoms with Gasteiger partial charge >= 0.3 is 0 Å². The molecule has 10 nitrogen and oxygen atoms in total. The molecule has 0 amide bonds. The van der Waals surface area contributed by atoms with E-state index in [0.717, 1.165) is 0 Å². The molecule has 10 heteroatoms. The van der Waals surface area contributed by atoms with E-state index in [9.17, 15) is 10.2 Å². The normalized spacial score (nSPS) is 12.6. The molecule has 0 aliphatic heterocycles. The molecule has 2 aromatic rings. The molecule has 0 unspecified atom stereocenters. The van der Waals surface area contributed by atoms with Crippen LogP contribution in [0.25, 0.3) is 0 Å². The third kappa shape index (κ3) is 5.46. The molecule has 0 heterocycles. The zero-order valence-corrected chi connectivity index (χ0v) is 19.0. The summed E-state index contributed by atoms with van der Waals surface area (Å²) in [5.41, 5.74) is 0.579. The molecule has 0 aromatic heterocycles. The van der Waals surface area contributed by atoms with Crippen LogP contribution in [0, 0.1) is 0 Å². The van der Waals surface area contributed by atoms with Crippen LogP contribution in [0.2, 0.25) is 0 Å². The van der Waals surface area contributed by atoms with E-state index in [0.29, 0.717) is 28.6 Å². The number of rotatable bonds is 13. The number of benzene rings is 2. The van der Waals surface area contributed by atoms with Gasteiger partial charge in [0.05, 0.1) is 28.4 Å². The Bertz CT molecular complexity index is 845. The molecule has 0 saturated carbocycles. The monoisotopic (exact) mass is 454 g/mol. The first-order valence-electron chi connectivity index (χ1n) is 9.57. The fourth-order valence-electron chi connectivity index (χ4n) is 3.10. The minimum Gasteiger partial charge on any atom is -0.493 e. The zero-order valence-electron chi connectivity index (χ0n) is 19.0. The highest BCUT2D eigenvalue weighted by molar-refractivity contribution is 5.58. The molecule has 0 fully saturated rings. The molecule has 178 valence electrons. The Morgan fingerprint density at radius 1 is 0.625 bits per heavy atom. The highest BCUT2D eigenvalue weighted by atomic mass is 16.7. The van der Waals surface area contributed by atoms with Gasteiger partial charge in [0.15, 0.2) is 36.6 Å². The molecule has 32 heavy (non-hydrogen) atoms. The van der Waals surface area contributed by atoms with Crippen LogP contribution in [0.1, 0.15) is 23.3 Å². The van der Waals surface area contributed by atoms with E-state index < -0.39 is 12.2 Å². The molecular formula is C22H30O10. The molecule has 0 aliphatic rings. The summed E-state index contributed by atoms with van der Waals surface area (Å²) in [6, 6.07) is 6.26. The van der Waals surface area contributed by atoms with Crippen LogP contribution < -0.4 is 28.4 Å². The average Bonchev–Trinajstić information content (AvgIpc) is 2.83. The van der Waals surface area contributed by atoms with E-state index in [1.165, 1.54) is 42.7 Å². The summed E-state index contributed by atoms with van der Waals surface area (Å²) in [7, 11) is 8.79. The van der Waals surface area contributed by atoms with Crippen molar-refractivity contribution in [2.75, 3.05) is 56.2 Å². The fourth-order valence-corrected chi connectivity index (χ4v) is 3.10. The van der Waals surface area contributed by atoms with Gasteiger partial charge in [-0.1, -0.05) is 0 Å². The zero-order chi connectivity index (χ0) is 23.7. The van der Waals surface area contributed by atoms with Crippen LogP contribution in [0.4, 0.5) is 0 Å². The molecule has 2 aromatic carbocycles. The highest BCUT2D eigenvalue weighted by Gasteiger charge is 2.29. The molecule has 0 saturated heterocycles. The summed E-state index contributed by atoms with van der Waals surface area (Å²) >= 11 is 0. The Balaban J connectivity index is 2.54. The van der Waals surface area contributed by atoms with Gasteiger partial charge in [-0.3, -0.25) is 0 Å². The predicted molar refractivity (Wildman–Crippen MR) is 114 cm³/mol. The lowest BCUT2D eigenvalue weighted by Crippen LogP contribution is -2.15. The summed E-state index contributed by atoms with van der Waals surface area (Å²) in [6.45, 7) is -0.217. The maximum absolute atomic E-state index is 11.1. The van der Waals surface area contributed by atoms with E-state index >= 15 is 0 Å². The van der Waals surface area contributed by atoms with Crippen LogP contribution >= 0.6 is 0 Å². The molecule has 0 bridgehead atoms. The van der Waals surface area contributed by atoms with Crippen molar-refractivity contribution in [2.24, 2.45) is 0 Å². The second-order valence-electron chi connectivity index (χ2n) is 6.47. The average molecular weight is 454 g/mol. The van der Waals surface area contributed by atoms with Crippen molar-refractivity contribution in [2.45, 2.75) is 12.2 Å². The number of aliphatic hydroxyl groups is 2. The van der Waals surface area contributed by atoms with Gasteiger partial charge in [0.25, 0.3) is 0 Å². The minimum atomic E-state index is -1.42. The summed E-state index contributed by atoms with van der Waals surface area (Å²) in [5.74, 6) is 1.73. The third-order valence-electron chi connectivity index (χ3n) is 4.61. The third-order valence-corrected chi connectivity index (χ3v) is 4.61. The standard InChI is InChI=1S/C22H30O10/c1-25-11-31-20-14(7-8-15(27-3)22(20)32-12-26-2)19(24)18(23)13-9-16(28-4)21(30-6)17(10-13)29-5/h7-10,18-19,23-24H,11-12H2,1-6H3/t18-,19-/m1/s1. The van der Waals surface area contributed by atoms with Crippen LogP contribution in [-0.4, -0.2) is 66.5 Å². The Kier molecular flexibility index (Phi) is 9.66. The lowest BCUT2D eigenvalue weighted by molar-refractivity contribution is 0.00627. The Morgan fingerprint density at radius 2 is 1.16 bits per heavy atom. The van der Waals surface area contributed by atoms with Crippen molar-refractivity contribution >= 4 is 0 Å². The van der Waals surface area contributed by atoms with Crippen molar-refractivity contribution in [1.29, 1.82) is 0 Å². The topological polar surface area (TPSA) is 114 Å². The second kappa shape index (κ2) is 12.2. The van der Waals surface area contributed by atoms with Crippen LogP contribution in [0.3, 0.4) is 0 Å². The lowest BCUT2D eigenvalue weighted by Gasteiger charge is -2.24. The summed E-state index contributed by atoms with van der Waals surface area (Å²) in [5, 5.41) is 22.1. The van der Waals surface area contributed by atoms with E-state index in [4.69, 9.17) is 37.9 Å². The van der Waals surface area contributed by atoms with Crippen LogP contribution in [0.15, 0.2) is 24.3 Å². The van der Waals surface area contributed by atoms with Gasteiger partial charge < -0.3 is 48.1 Å². The smallest absolute Gasteiger partial charge is 0.206 e. The predicted octanol–water partition coefficient (Wildman–Crippen LogP) is 2.45. The molecule has 0 radical (unpaired) electrons. The molecule has 0 aliphatic carbocycles. The summed E-state index contributed by atoms with van der Waals surface area (Å²) in [4.78, 5) is 0. The van der Waals surface area contributed by atoms with Crippen molar-refractivity contribution in [3.05, 3.63) is 35.4 Å². The molecule has 2 atom stereocenters.